The Morgan fingerprint density at radius 3 is 1.64 bits per heavy atom. The molecule has 3 N–H and O–H groups in total. The zero-order valence-corrected chi connectivity index (χ0v) is 28.7. The summed E-state index contributed by atoms with van der Waals surface area (Å²) in [6, 6.07) is 0. The van der Waals surface area contributed by atoms with E-state index in [1.54, 1.807) is 6.92 Å². The van der Waals surface area contributed by atoms with Crippen LogP contribution in [0.15, 0.2) is 85.1 Å². The zero-order valence-electron chi connectivity index (χ0n) is 27.8. The Morgan fingerprint density at radius 2 is 1.16 bits per heavy atom. The first-order chi connectivity index (χ1) is 21.9. The molecule has 0 aliphatic heterocycles. The molecule has 0 amide bonds. The molecule has 0 aromatic rings. The molecule has 256 valence electrons. The molecular weight excluding hydrogens is 589 g/mol. The Morgan fingerprint density at radius 1 is 0.667 bits per heavy atom. The third-order valence-electron chi connectivity index (χ3n) is 6.13. The lowest BCUT2D eigenvalue weighted by Gasteiger charge is -2.19. The van der Waals surface area contributed by atoms with Gasteiger partial charge in [0.2, 0.25) is 0 Å². The van der Waals surface area contributed by atoms with E-state index in [4.69, 9.17) is 24.3 Å². The molecule has 0 aliphatic carbocycles. The van der Waals surface area contributed by atoms with Crippen molar-refractivity contribution in [2.45, 2.75) is 103 Å². The molecule has 0 radical (unpaired) electrons. The fourth-order valence-electron chi connectivity index (χ4n) is 3.71. The monoisotopic (exact) mass is 649 g/mol. The van der Waals surface area contributed by atoms with Crippen molar-refractivity contribution in [2.75, 3.05) is 33.0 Å². The highest BCUT2D eigenvalue weighted by molar-refractivity contribution is 7.47. The summed E-state index contributed by atoms with van der Waals surface area (Å²) in [5.74, 6) is -0.434. The number of unbranched alkanes of at least 4 members (excludes halogenated alkanes) is 4. The highest BCUT2D eigenvalue weighted by atomic mass is 31.2. The molecule has 0 aliphatic rings. The average Bonchev–Trinajstić information content (AvgIpc) is 3.03. The van der Waals surface area contributed by atoms with Crippen molar-refractivity contribution < 1.29 is 32.8 Å². The molecule has 0 rings (SSSR count). The van der Waals surface area contributed by atoms with Crippen LogP contribution in [0.2, 0.25) is 0 Å². The molecule has 0 saturated heterocycles. The van der Waals surface area contributed by atoms with Gasteiger partial charge in [-0.25, -0.2) is 4.57 Å². The maximum absolute atomic E-state index is 11.8. The number of rotatable bonds is 30. The fourth-order valence-corrected chi connectivity index (χ4v) is 4.48. The van der Waals surface area contributed by atoms with Gasteiger partial charge in [0.15, 0.2) is 0 Å². The van der Waals surface area contributed by atoms with E-state index in [1.807, 2.05) is 0 Å². The second-order valence-electron chi connectivity index (χ2n) is 10.3. The molecule has 0 heterocycles. The number of carbonyl (C=O) groups is 1. The van der Waals surface area contributed by atoms with Crippen LogP contribution in [0.5, 0.6) is 0 Å². The van der Waals surface area contributed by atoms with E-state index < -0.39 is 19.9 Å². The van der Waals surface area contributed by atoms with E-state index >= 15 is 0 Å². The summed E-state index contributed by atoms with van der Waals surface area (Å²) in [6.45, 7) is 4.10. The van der Waals surface area contributed by atoms with Crippen molar-refractivity contribution in [3.05, 3.63) is 85.1 Å². The van der Waals surface area contributed by atoms with Crippen molar-refractivity contribution in [2.24, 2.45) is 5.73 Å². The summed E-state index contributed by atoms with van der Waals surface area (Å²) < 4.78 is 32.2. The van der Waals surface area contributed by atoms with Crippen LogP contribution in [0.4, 0.5) is 0 Å². The predicted molar refractivity (Wildman–Crippen MR) is 187 cm³/mol. The summed E-state index contributed by atoms with van der Waals surface area (Å²) in [5.41, 5.74) is 5.27. The number of ether oxygens (including phenoxy) is 2. The van der Waals surface area contributed by atoms with E-state index in [1.165, 1.54) is 0 Å². The van der Waals surface area contributed by atoms with Crippen LogP contribution >= 0.6 is 7.82 Å². The van der Waals surface area contributed by atoms with Gasteiger partial charge in [0.1, 0.15) is 6.10 Å². The first-order valence-corrected chi connectivity index (χ1v) is 18.1. The molecule has 0 aromatic carbocycles. The van der Waals surface area contributed by atoms with Gasteiger partial charge >= 0.3 is 13.8 Å². The Kier molecular flexibility index (Phi) is 31.4. The lowest BCUT2D eigenvalue weighted by molar-refractivity contribution is -0.154. The minimum Gasteiger partial charge on any atom is -0.457 e. The number of hydrogen-bond acceptors (Lipinski definition) is 7. The number of phosphoric ester groups is 1. The zero-order chi connectivity index (χ0) is 33.1. The number of carbonyl (C=O) groups excluding carboxylic acids is 1. The molecule has 2 atom stereocenters. The van der Waals surface area contributed by atoms with Crippen LogP contribution in [0.3, 0.4) is 0 Å². The van der Waals surface area contributed by atoms with Crippen LogP contribution in [0.25, 0.3) is 0 Å². The SMILES string of the molecule is CC/C=C\C/C=C\C/C=C\C/C=C\C/C=C\C/C=C\C/C=C\CCCCCCOCC(COP(=O)(O)OCCN)OC(=O)CC. The number of esters is 1. The van der Waals surface area contributed by atoms with E-state index in [-0.39, 0.29) is 32.8 Å². The van der Waals surface area contributed by atoms with Crippen molar-refractivity contribution in [3.8, 4) is 0 Å². The van der Waals surface area contributed by atoms with Crippen LogP contribution in [0, 0.1) is 0 Å². The summed E-state index contributed by atoms with van der Waals surface area (Å²) in [6.07, 6.45) is 42.6. The molecule has 0 bridgehead atoms. The van der Waals surface area contributed by atoms with E-state index in [0.717, 1.165) is 77.0 Å². The van der Waals surface area contributed by atoms with Gasteiger partial charge in [-0.3, -0.25) is 13.8 Å². The summed E-state index contributed by atoms with van der Waals surface area (Å²) in [7, 11) is -4.25. The van der Waals surface area contributed by atoms with Gasteiger partial charge in [-0.05, 0) is 64.2 Å². The topological polar surface area (TPSA) is 117 Å². The number of phosphoric acid groups is 1. The lowest BCUT2D eigenvalue weighted by atomic mass is 10.1. The van der Waals surface area contributed by atoms with Crippen LogP contribution in [-0.4, -0.2) is 49.9 Å². The Labute approximate surface area is 273 Å². The standard InChI is InChI=1S/C36H60NO7P/c1-3-5-6-7-8-9-10-11-12-13-14-15-16-17-18-19-20-21-22-23-24-25-26-27-28-29-31-41-33-35(44-36(38)4-2)34-43-45(39,40)42-32-30-37/h5-6,8-9,11-12,14-15,17-18,20-21,23-24,35H,3-4,7,10,13,16,19,22,25-34,37H2,1-2H3,(H,39,40)/b6-5-,9-8-,12-11-,15-14-,18-17-,21-20-,24-23-. The van der Waals surface area contributed by atoms with Gasteiger partial charge in [0.25, 0.3) is 0 Å². The summed E-state index contributed by atoms with van der Waals surface area (Å²) >= 11 is 0. The van der Waals surface area contributed by atoms with Crippen LogP contribution in [-0.2, 0) is 27.9 Å². The quantitative estimate of drug-likeness (QED) is 0.0343. The largest absolute Gasteiger partial charge is 0.472 e. The first kappa shape index (κ1) is 42.7. The highest BCUT2D eigenvalue weighted by Gasteiger charge is 2.24. The maximum atomic E-state index is 11.8. The van der Waals surface area contributed by atoms with Crippen molar-refractivity contribution in [1.82, 2.24) is 0 Å². The predicted octanol–water partition coefficient (Wildman–Crippen LogP) is 9.01. The van der Waals surface area contributed by atoms with Crippen LogP contribution < -0.4 is 5.73 Å². The number of hydrogen-bond donors (Lipinski definition) is 2. The third kappa shape index (κ3) is 32.9. The van der Waals surface area contributed by atoms with E-state index in [2.05, 4.69) is 92.0 Å². The fraction of sp³-hybridized carbons (Fsp3) is 0.583. The van der Waals surface area contributed by atoms with Crippen molar-refractivity contribution in [1.29, 1.82) is 0 Å². The van der Waals surface area contributed by atoms with Gasteiger partial charge in [-0.2, -0.15) is 0 Å². The molecule has 2 unspecified atom stereocenters. The second-order valence-corrected chi connectivity index (χ2v) is 11.7. The molecule has 8 nitrogen and oxygen atoms in total. The van der Waals surface area contributed by atoms with Crippen molar-refractivity contribution in [3.63, 3.8) is 0 Å². The molecule has 45 heavy (non-hydrogen) atoms. The highest BCUT2D eigenvalue weighted by Crippen LogP contribution is 2.43. The molecular formula is C36H60NO7P. The molecule has 0 fully saturated rings. The van der Waals surface area contributed by atoms with Gasteiger partial charge in [-0.15, -0.1) is 0 Å². The first-order valence-electron chi connectivity index (χ1n) is 16.6. The summed E-state index contributed by atoms with van der Waals surface area (Å²) in [5, 5.41) is 0. The molecule has 0 saturated carbocycles. The Balaban J connectivity index is 3.79. The number of nitrogens with two attached hydrogens (primary N) is 1. The van der Waals surface area contributed by atoms with Crippen molar-refractivity contribution >= 4 is 13.8 Å². The smallest absolute Gasteiger partial charge is 0.457 e. The third-order valence-corrected chi connectivity index (χ3v) is 7.12. The minimum atomic E-state index is -4.25. The second kappa shape index (κ2) is 33.1. The maximum Gasteiger partial charge on any atom is 0.472 e. The van der Waals surface area contributed by atoms with Gasteiger partial charge in [0, 0.05) is 19.6 Å². The number of allylic oxidation sites excluding steroid dienone is 14. The van der Waals surface area contributed by atoms with E-state index in [9.17, 15) is 14.3 Å². The lowest BCUT2D eigenvalue weighted by Crippen LogP contribution is -2.28. The van der Waals surface area contributed by atoms with Crippen LogP contribution in [0.1, 0.15) is 97.3 Å². The summed E-state index contributed by atoms with van der Waals surface area (Å²) in [4.78, 5) is 21.3. The Bertz CT molecular complexity index is 953. The normalized spacial score (nSPS) is 14.8. The average molecular weight is 650 g/mol. The van der Waals surface area contributed by atoms with E-state index in [0.29, 0.717) is 6.61 Å². The molecule has 9 heteroatoms. The van der Waals surface area contributed by atoms with Gasteiger partial charge in [-0.1, -0.05) is 112 Å². The molecule has 0 aromatic heterocycles. The Hall–Kier alpha value is -2.32. The molecule has 0 spiro atoms. The van der Waals surface area contributed by atoms with Gasteiger partial charge < -0.3 is 20.1 Å². The van der Waals surface area contributed by atoms with Gasteiger partial charge in [0.05, 0.1) is 19.8 Å². The minimum absolute atomic E-state index is 0.0833.